The van der Waals surface area contributed by atoms with Gasteiger partial charge in [0.2, 0.25) is 5.91 Å². The van der Waals surface area contributed by atoms with Crippen molar-refractivity contribution in [1.29, 1.82) is 0 Å². The predicted molar refractivity (Wildman–Crippen MR) is 60.7 cm³/mol. The van der Waals surface area contributed by atoms with E-state index >= 15 is 0 Å². The summed E-state index contributed by atoms with van der Waals surface area (Å²) in [4.78, 5) is 13.7. The molecule has 1 aromatic rings. The van der Waals surface area contributed by atoms with Gasteiger partial charge in [-0.15, -0.1) is 0 Å². The number of halogens is 1. The van der Waals surface area contributed by atoms with Crippen molar-refractivity contribution in [3.8, 4) is 0 Å². The molecule has 82 valence electrons. The van der Waals surface area contributed by atoms with Crippen LogP contribution in [0.2, 0.25) is 0 Å². The van der Waals surface area contributed by atoms with Crippen LogP contribution in [0.5, 0.6) is 0 Å². The second-order valence-corrected chi connectivity index (χ2v) is 4.97. The minimum Gasteiger partial charge on any atom is -0.337 e. The zero-order chi connectivity index (χ0) is 10.8. The van der Waals surface area contributed by atoms with Crippen molar-refractivity contribution in [1.82, 2.24) is 14.7 Å². The Kier molecular flexibility index (Phi) is 3.09. The highest BCUT2D eigenvalue weighted by Gasteiger charge is 2.32. The van der Waals surface area contributed by atoms with Crippen molar-refractivity contribution in [3.05, 3.63) is 18.5 Å². The number of hydrogen-bond donors (Lipinski definition) is 0. The lowest BCUT2D eigenvalue weighted by atomic mass is 10.3. The fraction of sp³-hybridized carbons (Fsp3) is 0.600. The molecule has 1 aliphatic rings. The van der Waals surface area contributed by atoms with E-state index in [1.807, 2.05) is 21.8 Å². The zero-order valence-electron chi connectivity index (χ0n) is 8.64. The number of hydrogen-bond acceptors (Lipinski definition) is 2. The van der Waals surface area contributed by atoms with Crippen LogP contribution in [0.3, 0.4) is 0 Å². The molecule has 0 saturated carbocycles. The summed E-state index contributed by atoms with van der Waals surface area (Å²) in [5, 5.41) is 4.14. The van der Waals surface area contributed by atoms with Gasteiger partial charge < -0.3 is 4.90 Å². The summed E-state index contributed by atoms with van der Waals surface area (Å²) in [5.74, 6) is 0.203. The van der Waals surface area contributed by atoms with Crippen LogP contribution in [0, 0.1) is 0 Å². The molecule has 0 aliphatic carbocycles. The Morgan fingerprint density at radius 1 is 1.73 bits per heavy atom. The van der Waals surface area contributed by atoms with E-state index in [4.69, 9.17) is 0 Å². The van der Waals surface area contributed by atoms with Crippen molar-refractivity contribution in [2.75, 3.05) is 6.54 Å². The molecule has 4 nitrogen and oxygen atoms in total. The molecule has 0 N–H and O–H groups in total. The van der Waals surface area contributed by atoms with E-state index < -0.39 is 0 Å². The largest absolute Gasteiger partial charge is 0.337 e. The van der Waals surface area contributed by atoms with Crippen LogP contribution < -0.4 is 0 Å². The third kappa shape index (κ3) is 2.22. The number of rotatable bonds is 3. The van der Waals surface area contributed by atoms with E-state index in [1.54, 1.807) is 6.20 Å². The van der Waals surface area contributed by atoms with E-state index in [1.165, 1.54) is 0 Å². The van der Waals surface area contributed by atoms with Gasteiger partial charge in [0.15, 0.2) is 0 Å². The van der Waals surface area contributed by atoms with Gasteiger partial charge in [-0.05, 0) is 19.4 Å². The summed E-state index contributed by atoms with van der Waals surface area (Å²) in [6.45, 7) is 3.67. The van der Waals surface area contributed by atoms with Gasteiger partial charge in [0, 0.05) is 25.0 Å². The van der Waals surface area contributed by atoms with Gasteiger partial charge in [0.25, 0.3) is 0 Å². The zero-order valence-corrected chi connectivity index (χ0v) is 10.2. The molecule has 1 aliphatic heterocycles. The summed E-state index contributed by atoms with van der Waals surface area (Å²) in [6.07, 6.45) is 4.58. The minimum absolute atomic E-state index is 0.0116. The van der Waals surface area contributed by atoms with Crippen LogP contribution in [-0.4, -0.2) is 38.0 Å². The number of amides is 1. The van der Waals surface area contributed by atoms with Gasteiger partial charge in [-0.2, -0.15) is 5.10 Å². The Morgan fingerprint density at radius 3 is 3.07 bits per heavy atom. The average molecular weight is 272 g/mol. The van der Waals surface area contributed by atoms with Crippen molar-refractivity contribution >= 4 is 21.8 Å². The number of nitrogens with zero attached hydrogens (tertiary/aromatic N) is 3. The number of aromatic nitrogens is 2. The Balaban J connectivity index is 1.97. The average Bonchev–Trinajstić information content (AvgIpc) is 2.79. The summed E-state index contributed by atoms with van der Waals surface area (Å²) in [7, 11) is 0. The molecule has 0 aromatic carbocycles. The van der Waals surface area contributed by atoms with Crippen LogP contribution >= 0.6 is 15.9 Å². The predicted octanol–water partition coefficient (Wildman–Crippen LogP) is 1.27. The molecule has 2 unspecified atom stereocenters. The SMILES string of the molecule is CC(Cn1cccn1)N1CCC(Br)C1=O. The molecule has 1 aromatic heterocycles. The van der Waals surface area contributed by atoms with Crippen LogP contribution in [0.1, 0.15) is 13.3 Å². The third-order valence-electron chi connectivity index (χ3n) is 2.72. The maximum atomic E-state index is 11.7. The fourth-order valence-corrected chi connectivity index (χ4v) is 2.35. The molecule has 1 amide bonds. The Hall–Kier alpha value is -0.840. The Labute approximate surface area is 97.4 Å². The van der Waals surface area contributed by atoms with Gasteiger partial charge in [-0.3, -0.25) is 9.48 Å². The number of carbonyl (C=O) groups is 1. The second-order valence-electron chi connectivity index (χ2n) is 3.86. The lowest BCUT2D eigenvalue weighted by Crippen LogP contribution is -2.38. The van der Waals surface area contributed by atoms with Crippen LogP contribution in [0.25, 0.3) is 0 Å². The highest BCUT2D eigenvalue weighted by molar-refractivity contribution is 9.10. The molecule has 5 heteroatoms. The Bertz CT molecular complexity index is 338. The van der Waals surface area contributed by atoms with Crippen molar-refractivity contribution in [2.45, 2.75) is 30.8 Å². The van der Waals surface area contributed by atoms with E-state index in [-0.39, 0.29) is 16.8 Å². The molecular weight excluding hydrogens is 258 g/mol. The molecule has 1 saturated heterocycles. The van der Waals surface area contributed by atoms with Gasteiger partial charge in [-0.25, -0.2) is 0 Å². The highest BCUT2D eigenvalue weighted by atomic mass is 79.9. The Morgan fingerprint density at radius 2 is 2.53 bits per heavy atom. The van der Waals surface area contributed by atoms with Crippen LogP contribution in [0.4, 0.5) is 0 Å². The lowest BCUT2D eigenvalue weighted by molar-refractivity contribution is -0.129. The van der Waals surface area contributed by atoms with E-state index in [9.17, 15) is 4.79 Å². The topological polar surface area (TPSA) is 38.1 Å². The lowest BCUT2D eigenvalue weighted by Gasteiger charge is -2.24. The van der Waals surface area contributed by atoms with Gasteiger partial charge in [-0.1, -0.05) is 15.9 Å². The van der Waals surface area contributed by atoms with Crippen molar-refractivity contribution in [3.63, 3.8) is 0 Å². The quantitative estimate of drug-likeness (QED) is 0.777. The number of likely N-dealkylation sites (tertiary alicyclic amines) is 1. The first-order valence-corrected chi connectivity index (χ1v) is 6.02. The second kappa shape index (κ2) is 4.35. The molecule has 2 atom stereocenters. The molecule has 0 spiro atoms. The molecule has 2 rings (SSSR count). The van der Waals surface area contributed by atoms with E-state index in [0.29, 0.717) is 0 Å². The number of alkyl halides is 1. The monoisotopic (exact) mass is 271 g/mol. The summed E-state index contributed by atoms with van der Waals surface area (Å²) in [6, 6.07) is 2.10. The molecule has 2 heterocycles. The molecule has 0 bridgehead atoms. The molecular formula is C10H14BrN3O. The first kappa shape index (κ1) is 10.7. The van der Waals surface area contributed by atoms with E-state index in [2.05, 4.69) is 28.0 Å². The maximum Gasteiger partial charge on any atom is 0.236 e. The van der Waals surface area contributed by atoms with E-state index in [0.717, 1.165) is 19.5 Å². The van der Waals surface area contributed by atoms with Crippen molar-refractivity contribution in [2.24, 2.45) is 0 Å². The molecule has 0 radical (unpaired) electrons. The summed E-state index contributed by atoms with van der Waals surface area (Å²) >= 11 is 3.38. The maximum absolute atomic E-state index is 11.7. The third-order valence-corrected chi connectivity index (χ3v) is 3.57. The summed E-state index contributed by atoms with van der Waals surface area (Å²) < 4.78 is 1.86. The van der Waals surface area contributed by atoms with Gasteiger partial charge in [0.1, 0.15) is 0 Å². The highest BCUT2D eigenvalue weighted by Crippen LogP contribution is 2.20. The molecule has 15 heavy (non-hydrogen) atoms. The van der Waals surface area contributed by atoms with Gasteiger partial charge in [0.05, 0.1) is 11.4 Å². The van der Waals surface area contributed by atoms with Crippen LogP contribution in [-0.2, 0) is 11.3 Å². The van der Waals surface area contributed by atoms with Gasteiger partial charge >= 0.3 is 0 Å². The smallest absolute Gasteiger partial charge is 0.236 e. The standard InChI is InChI=1S/C10H14BrN3O/c1-8(7-13-5-2-4-12-13)14-6-3-9(11)10(14)15/h2,4-5,8-9H,3,6-7H2,1H3. The minimum atomic E-state index is 0.0116. The normalized spacial score (nSPS) is 23.5. The summed E-state index contributed by atoms with van der Waals surface area (Å²) in [5.41, 5.74) is 0. The number of carbonyl (C=O) groups excluding carboxylic acids is 1. The van der Waals surface area contributed by atoms with Crippen molar-refractivity contribution < 1.29 is 4.79 Å². The van der Waals surface area contributed by atoms with Crippen LogP contribution in [0.15, 0.2) is 18.5 Å². The first-order valence-electron chi connectivity index (χ1n) is 5.10. The first-order chi connectivity index (χ1) is 7.18. The molecule has 1 fully saturated rings. The fourth-order valence-electron chi connectivity index (χ4n) is 1.88.